The Morgan fingerprint density at radius 1 is 1.53 bits per heavy atom. The van der Waals surface area contributed by atoms with Crippen molar-refractivity contribution < 1.29 is 4.79 Å². The van der Waals surface area contributed by atoms with Crippen molar-refractivity contribution in [1.29, 1.82) is 0 Å². The van der Waals surface area contributed by atoms with Crippen molar-refractivity contribution >= 4 is 33.2 Å². The Morgan fingerprint density at radius 2 is 2.32 bits per heavy atom. The lowest BCUT2D eigenvalue weighted by Crippen LogP contribution is -2.36. The molecule has 0 aliphatic rings. The molecule has 3 nitrogen and oxygen atoms in total. The highest BCUT2D eigenvalue weighted by molar-refractivity contribution is 9.11. The van der Waals surface area contributed by atoms with E-state index >= 15 is 0 Å². The first-order chi connectivity index (χ1) is 9.08. The van der Waals surface area contributed by atoms with Crippen LogP contribution in [0.2, 0.25) is 0 Å². The van der Waals surface area contributed by atoms with Crippen molar-refractivity contribution in [3.05, 3.63) is 50.9 Å². The lowest BCUT2D eigenvalue weighted by atomic mass is 10.2. The summed E-state index contributed by atoms with van der Waals surface area (Å²) in [5.41, 5.74) is 1.77. The van der Waals surface area contributed by atoms with Gasteiger partial charge in [-0.1, -0.05) is 6.07 Å². The van der Waals surface area contributed by atoms with Crippen LogP contribution in [0.5, 0.6) is 0 Å². The first kappa shape index (κ1) is 14.2. The standard InChI is InChI=1S/C14H15BrN2OS/c1-10(2)17(8-11-4-3-5-16-7-11)14(18)12-6-13(15)19-9-12/h3-7,9-10H,8H2,1-2H3. The second-order valence-corrected chi connectivity index (χ2v) is 6.82. The summed E-state index contributed by atoms with van der Waals surface area (Å²) >= 11 is 4.92. The van der Waals surface area contributed by atoms with Crippen LogP contribution in [-0.2, 0) is 6.54 Å². The first-order valence-electron chi connectivity index (χ1n) is 6.02. The van der Waals surface area contributed by atoms with Crippen molar-refractivity contribution in [3.8, 4) is 0 Å². The molecule has 0 spiro atoms. The number of carbonyl (C=O) groups excluding carboxylic acids is 1. The van der Waals surface area contributed by atoms with Gasteiger partial charge in [0.05, 0.1) is 9.35 Å². The van der Waals surface area contributed by atoms with Crippen molar-refractivity contribution in [2.45, 2.75) is 26.4 Å². The maximum atomic E-state index is 12.5. The number of thiophene rings is 1. The Balaban J connectivity index is 2.19. The van der Waals surface area contributed by atoms with Crippen molar-refractivity contribution in [2.24, 2.45) is 0 Å². The lowest BCUT2D eigenvalue weighted by molar-refractivity contribution is 0.0690. The number of halogens is 1. The van der Waals surface area contributed by atoms with Gasteiger partial charge >= 0.3 is 0 Å². The fourth-order valence-corrected chi connectivity index (χ4v) is 2.90. The molecule has 2 heterocycles. The van der Waals surface area contributed by atoms with Gasteiger partial charge in [0.25, 0.3) is 5.91 Å². The molecule has 0 bridgehead atoms. The van der Waals surface area contributed by atoms with Gasteiger partial charge in [-0.05, 0) is 47.5 Å². The topological polar surface area (TPSA) is 33.2 Å². The van der Waals surface area contributed by atoms with Gasteiger partial charge in [-0.2, -0.15) is 0 Å². The zero-order valence-electron chi connectivity index (χ0n) is 10.8. The predicted octanol–water partition coefficient (Wildman–Crippen LogP) is 3.96. The summed E-state index contributed by atoms with van der Waals surface area (Å²) in [6.07, 6.45) is 3.53. The normalized spacial score (nSPS) is 10.7. The SMILES string of the molecule is CC(C)N(Cc1cccnc1)C(=O)c1csc(Br)c1. The van der Waals surface area contributed by atoms with E-state index in [0.717, 1.165) is 14.9 Å². The van der Waals surface area contributed by atoms with E-state index in [1.807, 2.05) is 42.3 Å². The molecule has 0 atom stereocenters. The van der Waals surface area contributed by atoms with Gasteiger partial charge in [-0.25, -0.2) is 0 Å². The molecule has 0 aromatic carbocycles. The van der Waals surface area contributed by atoms with Crippen LogP contribution in [0.25, 0.3) is 0 Å². The summed E-state index contributed by atoms with van der Waals surface area (Å²) in [7, 11) is 0. The molecule has 1 amide bonds. The highest BCUT2D eigenvalue weighted by Crippen LogP contribution is 2.23. The summed E-state index contributed by atoms with van der Waals surface area (Å²) in [6.45, 7) is 4.63. The van der Waals surface area contributed by atoms with Gasteiger partial charge in [0, 0.05) is 30.4 Å². The van der Waals surface area contributed by atoms with E-state index in [9.17, 15) is 4.79 Å². The zero-order chi connectivity index (χ0) is 13.8. The minimum atomic E-state index is 0.0563. The monoisotopic (exact) mass is 338 g/mol. The molecule has 0 N–H and O–H groups in total. The lowest BCUT2D eigenvalue weighted by Gasteiger charge is -2.26. The minimum Gasteiger partial charge on any atom is -0.332 e. The van der Waals surface area contributed by atoms with Gasteiger partial charge < -0.3 is 4.90 Å². The van der Waals surface area contributed by atoms with E-state index in [1.54, 1.807) is 12.4 Å². The Labute approximate surface area is 125 Å². The average Bonchev–Trinajstić information content (AvgIpc) is 2.83. The van der Waals surface area contributed by atoms with E-state index in [0.29, 0.717) is 6.54 Å². The maximum Gasteiger partial charge on any atom is 0.255 e. The minimum absolute atomic E-state index is 0.0563. The van der Waals surface area contributed by atoms with Gasteiger partial charge in [-0.15, -0.1) is 11.3 Å². The van der Waals surface area contributed by atoms with Crippen LogP contribution in [0, 0.1) is 0 Å². The molecule has 100 valence electrons. The molecule has 0 fully saturated rings. The Hall–Kier alpha value is -1.20. The van der Waals surface area contributed by atoms with Gasteiger partial charge in [0.15, 0.2) is 0 Å². The van der Waals surface area contributed by atoms with E-state index in [2.05, 4.69) is 20.9 Å². The van der Waals surface area contributed by atoms with Crippen molar-refractivity contribution in [3.63, 3.8) is 0 Å². The van der Waals surface area contributed by atoms with E-state index in [1.165, 1.54) is 11.3 Å². The van der Waals surface area contributed by atoms with Crippen LogP contribution in [0.1, 0.15) is 29.8 Å². The van der Waals surface area contributed by atoms with Gasteiger partial charge in [0.2, 0.25) is 0 Å². The molecule has 0 aliphatic carbocycles. The second kappa shape index (κ2) is 6.30. The third-order valence-electron chi connectivity index (χ3n) is 2.77. The average molecular weight is 339 g/mol. The van der Waals surface area contributed by atoms with E-state index in [4.69, 9.17) is 0 Å². The second-order valence-electron chi connectivity index (χ2n) is 4.53. The molecule has 0 saturated heterocycles. The number of hydrogen-bond acceptors (Lipinski definition) is 3. The molecule has 2 aromatic heterocycles. The molecule has 0 aliphatic heterocycles. The number of hydrogen-bond donors (Lipinski definition) is 0. The van der Waals surface area contributed by atoms with Gasteiger partial charge in [-0.3, -0.25) is 9.78 Å². The van der Waals surface area contributed by atoms with Crippen LogP contribution in [0.4, 0.5) is 0 Å². The van der Waals surface area contributed by atoms with Crippen LogP contribution < -0.4 is 0 Å². The number of pyridine rings is 1. The predicted molar refractivity (Wildman–Crippen MR) is 81.3 cm³/mol. The van der Waals surface area contributed by atoms with Crippen LogP contribution >= 0.6 is 27.3 Å². The van der Waals surface area contributed by atoms with Crippen molar-refractivity contribution in [2.75, 3.05) is 0 Å². The molecule has 19 heavy (non-hydrogen) atoms. The van der Waals surface area contributed by atoms with Gasteiger partial charge in [0.1, 0.15) is 0 Å². The fraction of sp³-hybridized carbons (Fsp3) is 0.286. The first-order valence-corrected chi connectivity index (χ1v) is 7.69. The Morgan fingerprint density at radius 3 is 2.84 bits per heavy atom. The summed E-state index contributed by atoms with van der Waals surface area (Å²) in [5, 5.41) is 1.88. The van der Waals surface area contributed by atoms with Crippen LogP contribution in [0.15, 0.2) is 39.8 Å². The molecule has 2 aromatic rings. The van der Waals surface area contributed by atoms with Crippen LogP contribution in [0.3, 0.4) is 0 Å². The van der Waals surface area contributed by atoms with E-state index < -0.39 is 0 Å². The van der Waals surface area contributed by atoms with Crippen LogP contribution in [-0.4, -0.2) is 21.8 Å². The maximum absolute atomic E-state index is 12.5. The number of carbonyl (C=O) groups is 1. The van der Waals surface area contributed by atoms with E-state index in [-0.39, 0.29) is 11.9 Å². The smallest absolute Gasteiger partial charge is 0.255 e. The Bertz CT molecular complexity index is 554. The number of amides is 1. The molecule has 2 rings (SSSR count). The molecule has 5 heteroatoms. The highest BCUT2D eigenvalue weighted by Gasteiger charge is 2.20. The third kappa shape index (κ3) is 3.64. The number of aromatic nitrogens is 1. The summed E-state index contributed by atoms with van der Waals surface area (Å²) in [6, 6.07) is 5.89. The molecule has 0 radical (unpaired) electrons. The molecule has 0 saturated carbocycles. The Kier molecular flexibility index (Phi) is 4.71. The summed E-state index contributed by atoms with van der Waals surface area (Å²) in [4.78, 5) is 18.4. The highest BCUT2D eigenvalue weighted by atomic mass is 79.9. The molecular weight excluding hydrogens is 324 g/mol. The number of rotatable bonds is 4. The van der Waals surface area contributed by atoms with Crippen molar-refractivity contribution in [1.82, 2.24) is 9.88 Å². The number of nitrogens with zero attached hydrogens (tertiary/aromatic N) is 2. The molecule has 0 unspecified atom stereocenters. The summed E-state index contributed by atoms with van der Waals surface area (Å²) in [5.74, 6) is 0.0563. The summed E-state index contributed by atoms with van der Waals surface area (Å²) < 4.78 is 0.973. The zero-order valence-corrected chi connectivity index (χ0v) is 13.2. The quantitative estimate of drug-likeness (QED) is 0.845. The molecular formula is C14H15BrN2OS. The largest absolute Gasteiger partial charge is 0.332 e. The fourth-order valence-electron chi connectivity index (χ4n) is 1.77. The third-order valence-corrected chi connectivity index (χ3v) is 4.28.